The average Bonchev–Trinajstić information content (AvgIpc) is 3.28. The third-order valence-electron chi connectivity index (χ3n) is 4.40. The van der Waals surface area contributed by atoms with Gasteiger partial charge >= 0.3 is 0 Å². The predicted molar refractivity (Wildman–Crippen MR) is 105 cm³/mol. The topological polar surface area (TPSA) is 85.6 Å². The molecule has 0 atom stereocenters. The Morgan fingerprint density at radius 1 is 1.31 bits per heavy atom. The maximum absolute atomic E-state index is 12.2. The molecule has 0 aromatic carbocycles. The van der Waals surface area contributed by atoms with E-state index in [0.717, 1.165) is 22.4 Å². The van der Waals surface area contributed by atoms with Crippen LogP contribution in [0.4, 0.5) is 5.13 Å². The number of nitrogens with one attached hydrogen (secondary N) is 1. The fraction of sp³-hybridized carbons (Fsp3) is 0.588. The van der Waals surface area contributed by atoms with Gasteiger partial charge in [-0.05, 0) is 12.8 Å². The zero-order chi connectivity index (χ0) is 18.4. The van der Waals surface area contributed by atoms with E-state index in [1.165, 1.54) is 55.2 Å². The minimum atomic E-state index is -0.104. The average molecular weight is 393 g/mol. The summed E-state index contributed by atoms with van der Waals surface area (Å²) in [4.78, 5) is 12.2. The lowest BCUT2D eigenvalue weighted by Crippen LogP contribution is -2.14. The van der Waals surface area contributed by atoms with E-state index in [-0.39, 0.29) is 11.7 Å². The predicted octanol–water partition coefficient (Wildman–Crippen LogP) is 3.66. The lowest BCUT2D eigenvalue weighted by atomic mass is 9.90. The number of hydrogen-bond donors (Lipinski definition) is 1. The number of carbonyl (C=O) groups excluding carboxylic acids is 1. The van der Waals surface area contributed by atoms with E-state index in [2.05, 4.69) is 32.3 Å². The molecule has 1 saturated carbocycles. The summed E-state index contributed by atoms with van der Waals surface area (Å²) in [5, 5.41) is 22.0. The number of amides is 1. The molecule has 1 aliphatic rings. The quantitative estimate of drug-likeness (QED) is 0.545. The fourth-order valence-corrected chi connectivity index (χ4v) is 4.78. The summed E-state index contributed by atoms with van der Waals surface area (Å²) < 4.78 is 1.98. The van der Waals surface area contributed by atoms with E-state index in [9.17, 15) is 4.79 Å². The van der Waals surface area contributed by atoms with E-state index in [1.54, 1.807) is 6.08 Å². The summed E-state index contributed by atoms with van der Waals surface area (Å²) in [5.41, 5.74) is 0. The molecule has 3 rings (SSSR count). The van der Waals surface area contributed by atoms with Crippen molar-refractivity contribution in [3.63, 3.8) is 0 Å². The van der Waals surface area contributed by atoms with E-state index in [0.29, 0.717) is 17.6 Å². The second-order valence-corrected chi connectivity index (χ2v) is 8.22. The van der Waals surface area contributed by atoms with Crippen molar-refractivity contribution in [1.82, 2.24) is 25.0 Å². The third-order valence-corrected chi connectivity index (χ3v) is 6.36. The first kappa shape index (κ1) is 19.0. The van der Waals surface area contributed by atoms with Crippen LogP contribution in [0.3, 0.4) is 0 Å². The van der Waals surface area contributed by atoms with Gasteiger partial charge in [0, 0.05) is 18.9 Å². The zero-order valence-electron chi connectivity index (χ0n) is 15.0. The van der Waals surface area contributed by atoms with Crippen LogP contribution >= 0.6 is 23.1 Å². The molecule has 0 bridgehead atoms. The highest BCUT2D eigenvalue weighted by Gasteiger charge is 2.20. The van der Waals surface area contributed by atoms with Gasteiger partial charge in [0.2, 0.25) is 11.0 Å². The number of nitrogens with zero attached hydrogens (tertiary/aromatic N) is 5. The van der Waals surface area contributed by atoms with Crippen LogP contribution in [0.15, 0.2) is 17.8 Å². The molecule has 0 unspecified atom stereocenters. The van der Waals surface area contributed by atoms with Crippen LogP contribution in [0.1, 0.15) is 55.8 Å². The van der Waals surface area contributed by atoms with Gasteiger partial charge in [0.05, 0.1) is 5.75 Å². The number of carbonyl (C=O) groups is 1. The van der Waals surface area contributed by atoms with Gasteiger partial charge in [0.1, 0.15) is 10.8 Å². The Morgan fingerprint density at radius 2 is 2.12 bits per heavy atom. The Morgan fingerprint density at radius 3 is 2.85 bits per heavy atom. The van der Waals surface area contributed by atoms with Crippen molar-refractivity contribution in [2.75, 3.05) is 11.1 Å². The minimum Gasteiger partial charge on any atom is -0.302 e. The maximum Gasteiger partial charge on any atom is 0.236 e. The number of rotatable bonds is 8. The summed E-state index contributed by atoms with van der Waals surface area (Å²) in [6, 6.07) is 0. The van der Waals surface area contributed by atoms with Crippen molar-refractivity contribution < 1.29 is 4.79 Å². The number of thioether (sulfide) groups is 1. The number of aryl methyl sites for hydroxylation is 1. The van der Waals surface area contributed by atoms with Gasteiger partial charge in [0.25, 0.3) is 0 Å². The first-order valence-electron chi connectivity index (χ1n) is 9.00. The van der Waals surface area contributed by atoms with E-state index >= 15 is 0 Å². The van der Waals surface area contributed by atoms with E-state index < -0.39 is 0 Å². The minimum absolute atomic E-state index is 0.104. The Bertz CT molecular complexity index is 750. The summed E-state index contributed by atoms with van der Waals surface area (Å²) in [5.74, 6) is 1.56. The first-order valence-corrected chi connectivity index (χ1v) is 10.8. The molecule has 0 aliphatic heterocycles. The van der Waals surface area contributed by atoms with Gasteiger partial charge < -0.3 is 4.57 Å². The third kappa shape index (κ3) is 4.70. The van der Waals surface area contributed by atoms with E-state index in [1.807, 2.05) is 11.5 Å². The highest BCUT2D eigenvalue weighted by Crippen LogP contribution is 2.35. The molecule has 7 nitrogen and oxygen atoms in total. The van der Waals surface area contributed by atoms with Crippen LogP contribution in [-0.2, 0) is 17.8 Å². The van der Waals surface area contributed by atoms with Gasteiger partial charge in [-0.3, -0.25) is 10.1 Å². The summed E-state index contributed by atoms with van der Waals surface area (Å²) in [7, 11) is 0. The number of anilines is 1. The highest BCUT2D eigenvalue weighted by atomic mass is 32.2. The molecule has 9 heteroatoms. The van der Waals surface area contributed by atoms with Crippen molar-refractivity contribution in [3.8, 4) is 0 Å². The lowest BCUT2D eigenvalue weighted by Gasteiger charge is -2.18. The van der Waals surface area contributed by atoms with Crippen LogP contribution in [-0.4, -0.2) is 36.6 Å². The summed E-state index contributed by atoms with van der Waals surface area (Å²) in [6.45, 7) is 6.44. The molecule has 2 aromatic rings. The van der Waals surface area contributed by atoms with Crippen LogP contribution in [0.25, 0.3) is 0 Å². The largest absolute Gasteiger partial charge is 0.302 e. The Labute approximate surface area is 161 Å². The SMILES string of the molecule is C=CCn1c(CC)nnc1SCC(=O)Nc1nnc(C2CCCCC2)s1. The normalized spacial score (nSPS) is 15.1. The van der Waals surface area contributed by atoms with Gasteiger partial charge in [-0.2, -0.15) is 0 Å². The van der Waals surface area contributed by atoms with Crippen LogP contribution in [0, 0.1) is 0 Å². The molecular weight excluding hydrogens is 368 g/mol. The van der Waals surface area contributed by atoms with E-state index in [4.69, 9.17) is 0 Å². The molecule has 26 heavy (non-hydrogen) atoms. The molecule has 1 fully saturated rings. The second-order valence-electron chi connectivity index (χ2n) is 6.27. The molecule has 1 aliphatic carbocycles. The van der Waals surface area contributed by atoms with Crippen molar-refractivity contribution in [3.05, 3.63) is 23.5 Å². The Hall–Kier alpha value is -1.74. The number of hydrogen-bond acceptors (Lipinski definition) is 7. The summed E-state index contributed by atoms with van der Waals surface area (Å²) >= 11 is 2.87. The zero-order valence-corrected chi connectivity index (χ0v) is 16.6. The Kier molecular flexibility index (Phi) is 6.79. The van der Waals surface area contributed by atoms with Gasteiger partial charge in [-0.25, -0.2) is 0 Å². The van der Waals surface area contributed by atoms with Crippen molar-refractivity contribution in [2.24, 2.45) is 0 Å². The first-order chi connectivity index (χ1) is 12.7. The molecule has 0 spiro atoms. The molecule has 2 aromatic heterocycles. The fourth-order valence-electron chi connectivity index (χ4n) is 3.08. The van der Waals surface area contributed by atoms with Gasteiger partial charge in [-0.15, -0.1) is 27.0 Å². The van der Waals surface area contributed by atoms with Gasteiger partial charge in [0.15, 0.2) is 5.16 Å². The number of aromatic nitrogens is 5. The monoisotopic (exact) mass is 392 g/mol. The molecule has 0 radical (unpaired) electrons. The molecule has 1 N–H and O–H groups in total. The van der Waals surface area contributed by atoms with Crippen LogP contribution in [0.5, 0.6) is 0 Å². The molecule has 0 saturated heterocycles. The lowest BCUT2D eigenvalue weighted by molar-refractivity contribution is -0.113. The van der Waals surface area contributed by atoms with Crippen LogP contribution in [0.2, 0.25) is 0 Å². The van der Waals surface area contributed by atoms with Crippen molar-refractivity contribution in [1.29, 1.82) is 0 Å². The molecule has 2 heterocycles. The second kappa shape index (κ2) is 9.27. The Balaban J connectivity index is 1.54. The maximum atomic E-state index is 12.2. The summed E-state index contributed by atoms with van der Waals surface area (Å²) in [6.07, 6.45) is 8.78. The highest BCUT2D eigenvalue weighted by molar-refractivity contribution is 7.99. The van der Waals surface area contributed by atoms with Crippen LogP contribution < -0.4 is 5.32 Å². The molecule has 1 amide bonds. The number of allylic oxidation sites excluding steroid dienone is 1. The van der Waals surface area contributed by atoms with Gasteiger partial charge in [-0.1, -0.05) is 55.4 Å². The molecule has 140 valence electrons. The van der Waals surface area contributed by atoms with Crippen molar-refractivity contribution in [2.45, 2.75) is 63.1 Å². The van der Waals surface area contributed by atoms with Crippen molar-refractivity contribution >= 4 is 34.1 Å². The molecular formula is C17H24N6OS2. The standard InChI is InChI=1S/C17H24N6OS2/c1-3-10-23-13(4-2)19-22-17(23)25-11-14(24)18-16-21-20-15(26-16)12-8-6-5-7-9-12/h3,12H,1,4-11H2,2H3,(H,18,21,24). The smallest absolute Gasteiger partial charge is 0.236 e.